The van der Waals surface area contributed by atoms with Crippen molar-refractivity contribution >= 4 is 24.4 Å². The number of halogens is 1. The van der Waals surface area contributed by atoms with Gasteiger partial charge in [0.25, 0.3) is 0 Å². The third-order valence-corrected chi connectivity index (χ3v) is 10.1. The van der Waals surface area contributed by atoms with E-state index in [0.717, 1.165) is 44.1 Å². The van der Waals surface area contributed by atoms with Crippen LogP contribution in [0.4, 0.5) is 4.39 Å². The lowest BCUT2D eigenvalue weighted by Gasteiger charge is -2.63. The van der Waals surface area contributed by atoms with Crippen LogP contribution in [0.25, 0.3) is 0 Å². The Hall–Kier alpha value is -1.10. The molecule has 30 heavy (non-hydrogen) atoms. The number of alkyl halides is 1. The van der Waals surface area contributed by atoms with Crippen molar-refractivity contribution in [1.82, 2.24) is 0 Å². The number of allylic oxidation sites excluding steroid dienone is 4. The van der Waals surface area contributed by atoms with E-state index in [4.69, 9.17) is 17.4 Å². The van der Waals surface area contributed by atoms with Gasteiger partial charge < -0.3 is 4.74 Å². The van der Waals surface area contributed by atoms with Gasteiger partial charge >= 0.3 is 5.97 Å². The molecule has 0 saturated heterocycles. The zero-order chi connectivity index (χ0) is 21.9. The number of esters is 1. The molecule has 3 nitrogen and oxygen atoms in total. The smallest absolute Gasteiger partial charge is 0.303 e. The van der Waals surface area contributed by atoms with Gasteiger partial charge in [-0.05, 0) is 68.9 Å². The van der Waals surface area contributed by atoms with Gasteiger partial charge in [-0.15, -0.1) is 0 Å². The van der Waals surface area contributed by atoms with E-state index in [1.807, 2.05) is 6.92 Å². The lowest BCUT2D eigenvalue weighted by Crippen LogP contribution is -2.68. The number of fused-ring (bicyclic) bond motifs is 5. The van der Waals surface area contributed by atoms with Gasteiger partial charge in [0.05, 0.1) is 0 Å². The molecule has 1 unspecified atom stereocenters. The lowest BCUT2D eigenvalue weighted by atomic mass is 9.45. The Bertz CT molecular complexity index is 821. The van der Waals surface area contributed by atoms with Gasteiger partial charge in [-0.2, -0.15) is 12.6 Å². The molecule has 4 aliphatic carbocycles. The van der Waals surface area contributed by atoms with Gasteiger partial charge in [-0.1, -0.05) is 38.3 Å². The van der Waals surface area contributed by atoms with E-state index in [2.05, 4.69) is 13.8 Å². The van der Waals surface area contributed by atoms with Crippen LogP contribution in [0.2, 0.25) is 0 Å². The summed E-state index contributed by atoms with van der Waals surface area (Å²) >= 11 is 5.23. The molecule has 0 aromatic heterocycles. The van der Waals surface area contributed by atoms with Crippen LogP contribution < -0.4 is 0 Å². The first-order valence-electron chi connectivity index (χ1n) is 11.5. The number of ether oxygens (including phenoxy) is 1. The van der Waals surface area contributed by atoms with Crippen LogP contribution in [0.5, 0.6) is 0 Å². The zero-order valence-corrected chi connectivity index (χ0v) is 19.6. The van der Waals surface area contributed by atoms with Crippen LogP contribution in [-0.2, 0) is 14.3 Å². The highest BCUT2D eigenvalue weighted by atomic mass is 32.1. The first-order valence-corrected chi connectivity index (χ1v) is 12.0. The number of thiol groups is 1. The van der Waals surface area contributed by atoms with Crippen molar-refractivity contribution in [2.24, 2.45) is 22.7 Å². The second-order valence-corrected chi connectivity index (χ2v) is 11.4. The quantitative estimate of drug-likeness (QED) is 0.450. The first-order chi connectivity index (χ1) is 14.0. The van der Waals surface area contributed by atoms with E-state index in [1.54, 1.807) is 12.2 Å². The normalized spacial score (nSPS) is 47.2. The second kappa shape index (κ2) is 7.21. The molecule has 5 heteroatoms. The Morgan fingerprint density at radius 1 is 1.30 bits per heavy atom. The van der Waals surface area contributed by atoms with Crippen LogP contribution in [0.3, 0.4) is 0 Å². The summed E-state index contributed by atoms with van der Waals surface area (Å²) in [6.07, 6.45) is 11.1. The fraction of sp³-hybridized carbons (Fsp3) is 0.760. The van der Waals surface area contributed by atoms with E-state index >= 15 is 4.39 Å². The van der Waals surface area contributed by atoms with Crippen LogP contribution in [0.15, 0.2) is 23.8 Å². The molecule has 3 saturated carbocycles. The molecule has 0 spiro atoms. The minimum Gasteiger partial charge on any atom is -0.459 e. The number of ketones is 1. The lowest BCUT2D eigenvalue weighted by molar-refractivity contribution is -0.211. The Morgan fingerprint density at radius 3 is 2.70 bits per heavy atom. The monoisotopic (exact) mass is 434 g/mol. The van der Waals surface area contributed by atoms with E-state index in [9.17, 15) is 9.59 Å². The number of unbranched alkanes of at least 4 members (excludes halogenated alkanes) is 1. The van der Waals surface area contributed by atoms with Gasteiger partial charge in [-0.25, -0.2) is 4.39 Å². The van der Waals surface area contributed by atoms with Gasteiger partial charge in [-0.3, -0.25) is 9.59 Å². The number of hydrogen-bond acceptors (Lipinski definition) is 4. The summed E-state index contributed by atoms with van der Waals surface area (Å²) in [5.41, 5.74) is -1.97. The molecule has 0 amide bonds. The summed E-state index contributed by atoms with van der Waals surface area (Å²) in [6.45, 7) is 7.71. The van der Waals surface area contributed by atoms with Crippen molar-refractivity contribution in [2.75, 3.05) is 0 Å². The Balaban J connectivity index is 1.82. The highest BCUT2D eigenvalue weighted by Gasteiger charge is 2.73. The van der Waals surface area contributed by atoms with Crippen LogP contribution >= 0.6 is 12.6 Å². The fourth-order valence-corrected chi connectivity index (χ4v) is 8.02. The van der Waals surface area contributed by atoms with Crippen molar-refractivity contribution in [2.45, 2.75) is 95.6 Å². The number of carbonyl (C=O) groups is 2. The Labute approximate surface area is 185 Å². The Morgan fingerprint density at radius 2 is 2.03 bits per heavy atom. The molecule has 3 fully saturated rings. The maximum absolute atomic E-state index is 17.5. The van der Waals surface area contributed by atoms with Crippen LogP contribution in [-0.4, -0.2) is 28.3 Å². The molecule has 0 aromatic rings. The minimum atomic E-state index is -1.71. The SMILES string of the molecule is CCCC[C@]1(S)CC[C@H]2[C@@H]3CCC4=CC(=O)C=C[C@]4(C)C3(F)[C@@H](OC(C)=O)C[C@@]21C. The molecule has 0 aliphatic heterocycles. The van der Waals surface area contributed by atoms with E-state index in [0.29, 0.717) is 12.8 Å². The predicted molar refractivity (Wildman–Crippen MR) is 119 cm³/mol. The molecule has 0 radical (unpaired) electrons. The highest BCUT2D eigenvalue weighted by Crippen LogP contribution is 2.71. The summed E-state index contributed by atoms with van der Waals surface area (Å²) < 4.78 is 23.1. The van der Waals surface area contributed by atoms with Gasteiger partial charge in [0.1, 0.15) is 6.10 Å². The molecule has 0 N–H and O–H groups in total. The van der Waals surface area contributed by atoms with E-state index < -0.39 is 23.2 Å². The predicted octanol–water partition coefficient (Wildman–Crippen LogP) is 5.79. The Kier molecular flexibility index (Phi) is 5.32. The summed E-state index contributed by atoms with van der Waals surface area (Å²) in [6, 6.07) is 0. The second-order valence-electron chi connectivity index (χ2n) is 10.5. The van der Waals surface area contributed by atoms with Crippen molar-refractivity contribution in [3.05, 3.63) is 23.8 Å². The maximum Gasteiger partial charge on any atom is 0.303 e. The number of rotatable bonds is 4. The molecule has 0 bridgehead atoms. The molecule has 4 aliphatic rings. The topological polar surface area (TPSA) is 43.4 Å². The average Bonchev–Trinajstić information content (AvgIpc) is 2.93. The maximum atomic E-state index is 17.5. The van der Waals surface area contributed by atoms with Crippen LogP contribution in [0.1, 0.15) is 79.1 Å². The van der Waals surface area contributed by atoms with Crippen LogP contribution in [0, 0.1) is 22.7 Å². The summed E-state index contributed by atoms with van der Waals surface area (Å²) in [7, 11) is 0. The largest absolute Gasteiger partial charge is 0.459 e. The van der Waals surface area contributed by atoms with Gasteiger partial charge in [0, 0.05) is 23.0 Å². The van der Waals surface area contributed by atoms with Crippen molar-refractivity contribution < 1.29 is 18.7 Å². The first kappa shape index (κ1) is 22.1. The van der Waals surface area contributed by atoms with Gasteiger partial charge in [0.15, 0.2) is 11.5 Å². The molecule has 4 rings (SSSR count). The van der Waals surface area contributed by atoms with E-state index in [1.165, 1.54) is 13.0 Å². The van der Waals surface area contributed by atoms with Crippen molar-refractivity contribution in [1.29, 1.82) is 0 Å². The summed E-state index contributed by atoms with van der Waals surface area (Å²) in [5, 5.41) is 0. The summed E-state index contributed by atoms with van der Waals surface area (Å²) in [5.74, 6) is -0.530. The zero-order valence-electron chi connectivity index (χ0n) is 18.7. The average molecular weight is 435 g/mol. The molecule has 0 aromatic carbocycles. The highest BCUT2D eigenvalue weighted by molar-refractivity contribution is 7.81. The van der Waals surface area contributed by atoms with E-state index in [-0.39, 0.29) is 27.8 Å². The number of hydrogen-bond donors (Lipinski definition) is 1. The van der Waals surface area contributed by atoms with Crippen molar-refractivity contribution in [3.8, 4) is 0 Å². The minimum absolute atomic E-state index is 0.0796. The molecule has 7 atom stereocenters. The van der Waals surface area contributed by atoms with Gasteiger partial charge in [0.2, 0.25) is 0 Å². The molecular weight excluding hydrogens is 399 g/mol. The molecule has 0 heterocycles. The van der Waals surface area contributed by atoms with Crippen molar-refractivity contribution in [3.63, 3.8) is 0 Å². The fourth-order valence-electron chi connectivity index (χ4n) is 7.48. The number of carbonyl (C=O) groups excluding carboxylic acids is 2. The molecule has 166 valence electrons. The summed E-state index contributed by atoms with van der Waals surface area (Å²) in [4.78, 5) is 24.1. The third kappa shape index (κ3) is 2.83. The molecular formula is C25H35FO3S. The third-order valence-electron chi connectivity index (χ3n) is 9.19. The standard InChI is InChI=1S/C25H35FO3S/c1-5-6-11-24(30)13-10-19-20-8-7-17-14-18(28)9-12-22(17,3)25(20,26)21(29-16(2)27)15-23(19,24)4/h9,12,14,19-21,30H,5-8,10-11,13,15H2,1-4H3/t19-,20-,21-,22-,23-,24-,25?/m0/s1.